The number of ether oxygens (including phenoxy) is 2. The highest BCUT2D eigenvalue weighted by Gasteiger charge is 2.15. The van der Waals surface area contributed by atoms with Crippen LogP contribution in [0.4, 0.5) is 10.1 Å². The van der Waals surface area contributed by atoms with E-state index in [2.05, 4.69) is 15.3 Å². The van der Waals surface area contributed by atoms with Gasteiger partial charge in [0, 0.05) is 0 Å². The van der Waals surface area contributed by atoms with Crippen molar-refractivity contribution in [2.24, 2.45) is 0 Å². The number of carbonyl (C=O) groups excluding carboxylic acids is 1. The summed E-state index contributed by atoms with van der Waals surface area (Å²) in [6.07, 6.45) is 2.04. The van der Waals surface area contributed by atoms with Crippen molar-refractivity contribution in [3.8, 4) is 17.5 Å². The highest BCUT2D eigenvalue weighted by atomic mass is 19.1. The van der Waals surface area contributed by atoms with Crippen LogP contribution in [-0.2, 0) is 4.79 Å². The van der Waals surface area contributed by atoms with Gasteiger partial charge in [0.25, 0.3) is 5.91 Å². The summed E-state index contributed by atoms with van der Waals surface area (Å²) in [6, 6.07) is 15.0. The highest BCUT2D eigenvalue weighted by molar-refractivity contribution is 5.93. The molecule has 0 fully saturated rings. The van der Waals surface area contributed by atoms with E-state index in [-0.39, 0.29) is 17.7 Å². The molecule has 6 nitrogen and oxygen atoms in total. The van der Waals surface area contributed by atoms with Crippen LogP contribution in [0.3, 0.4) is 0 Å². The minimum atomic E-state index is -0.702. The number of rotatable bonds is 6. The minimum Gasteiger partial charge on any atom is -0.481 e. The number of anilines is 1. The number of carbonyl (C=O) groups is 1. The summed E-state index contributed by atoms with van der Waals surface area (Å²) in [7, 11) is 0. The van der Waals surface area contributed by atoms with Gasteiger partial charge in [0.15, 0.2) is 17.7 Å². The third-order valence-electron chi connectivity index (χ3n) is 3.36. The first kappa shape index (κ1) is 17.3. The first-order valence-corrected chi connectivity index (χ1v) is 7.89. The van der Waals surface area contributed by atoms with Gasteiger partial charge in [0.05, 0.1) is 18.1 Å². The van der Waals surface area contributed by atoms with Crippen LogP contribution in [0, 0.1) is 5.82 Å². The maximum Gasteiger partial charge on any atom is 0.322 e. The molecule has 1 aromatic heterocycles. The number of nitrogens with one attached hydrogen (secondary N) is 1. The minimum absolute atomic E-state index is 0.0224. The van der Waals surface area contributed by atoms with Crippen molar-refractivity contribution < 1.29 is 18.7 Å². The molecule has 1 amide bonds. The molecule has 0 saturated heterocycles. The predicted molar refractivity (Wildman–Crippen MR) is 93.7 cm³/mol. The van der Waals surface area contributed by atoms with E-state index in [1.807, 2.05) is 18.2 Å². The Hall–Kier alpha value is -3.48. The SMILES string of the molecule is C[C@@H](Oc1ccccc1)C(=O)Nc1cnc(Oc2ccccc2F)nc1. The lowest BCUT2D eigenvalue weighted by Crippen LogP contribution is -2.30. The van der Waals surface area contributed by atoms with E-state index in [0.29, 0.717) is 11.4 Å². The lowest BCUT2D eigenvalue weighted by atomic mass is 10.3. The second-order valence-corrected chi connectivity index (χ2v) is 5.35. The summed E-state index contributed by atoms with van der Waals surface area (Å²) in [4.78, 5) is 20.1. The Morgan fingerprint density at radius 3 is 2.38 bits per heavy atom. The molecule has 0 aliphatic carbocycles. The van der Waals surface area contributed by atoms with E-state index in [1.54, 1.807) is 31.2 Å². The third kappa shape index (κ3) is 4.54. The number of benzene rings is 2. The fourth-order valence-corrected chi connectivity index (χ4v) is 2.06. The summed E-state index contributed by atoms with van der Waals surface area (Å²) in [5.74, 6) is -0.241. The molecule has 0 unspecified atom stereocenters. The Bertz CT molecular complexity index is 873. The van der Waals surface area contributed by atoms with Crippen LogP contribution >= 0.6 is 0 Å². The number of halogens is 1. The average Bonchev–Trinajstić information content (AvgIpc) is 2.66. The molecule has 0 aliphatic heterocycles. The van der Waals surface area contributed by atoms with Crippen molar-refractivity contribution in [3.63, 3.8) is 0 Å². The largest absolute Gasteiger partial charge is 0.481 e. The quantitative estimate of drug-likeness (QED) is 0.729. The Kier molecular flexibility index (Phi) is 5.38. The molecule has 2 aromatic carbocycles. The highest BCUT2D eigenvalue weighted by Crippen LogP contribution is 2.21. The normalized spacial score (nSPS) is 11.5. The van der Waals surface area contributed by atoms with Crippen molar-refractivity contribution in [1.29, 1.82) is 0 Å². The molecule has 1 heterocycles. The number of aromatic nitrogens is 2. The summed E-state index contributed by atoms with van der Waals surface area (Å²) in [5, 5.41) is 2.65. The van der Waals surface area contributed by atoms with E-state index in [0.717, 1.165) is 0 Å². The summed E-state index contributed by atoms with van der Waals surface area (Å²) < 4.78 is 24.3. The molecular formula is C19H16FN3O3. The number of hydrogen-bond acceptors (Lipinski definition) is 5. The van der Waals surface area contributed by atoms with Gasteiger partial charge < -0.3 is 14.8 Å². The number of amides is 1. The van der Waals surface area contributed by atoms with Gasteiger partial charge in [-0.15, -0.1) is 0 Å². The zero-order chi connectivity index (χ0) is 18.4. The second-order valence-electron chi connectivity index (χ2n) is 5.35. The van der Waals surface area contributed by atoms with E-state index in [1.165, 1.54) is 24.5 Å². The van der Waals surface area contributed by atoms with Crippen LogP contribution in [0.2, 0.25) is 0 Å². The first-order chi connectivity index (χ1) is 12.6. The molecule has 0 radical (unpaired) electrons. The topological polar surface area (TPSA) is 73.3 Å². The molecule has 26 heavy (non-hydrogen) atoms. The Morgan fingerprint density at radius 2 is 1.69 bits per heavy atom. The van der Waals surface area contributed by atoms with Crippen molar-refractivity contribution in [2.45, 2.75) is 13.0 Å². The molecule has 7 heteroatoms. The monoisotopic (exact) mass is 353 g/mol. The average molecular weight is 353 g/mol. The van der Waals surface area contributed by atoms with Crippen LogP contribution in [0.1, 0.15) is 6.92 Å². The molecule has 132 valence electrons. The summed E-state index contributed by atoms with van der Waals surface area (Å²) >= 11 is 0. The van der Waals surface area contributed by atoms with Gasteiger partial charge in [-0.05, 0) is 31.2 Å². The fourth-order valence-electron chi connectivity index (χ4n) is 2.06. The molecule has 0 aliphatic rings. The number of hydrogen-bond donors (Lipinski definition) is 1. The zero-order valence-electron chi connectivity index (χ0n) is 13.9. The fraction of sp³-hybridized carbons (Fsp3) is 0.105. The van der Waals surface area contributed by atoms with Gasteiger partial charge in [-0.2, -0.15) is 0 Å². The van der Waals surface area contributed by atoms with Crippen molar-refractivity contribution >= 4 is 11.6 Å². The molecule has 3 aromatic rings. The van der Waals surface area contributed by atoms with Crippen LogP contribution < -0.4 is 14.8 Å². The first-order valence-electron chi connectivity index (χ1n) is 7.89. The maximum absolute atomic E-state index is 13.5. The van der Waals surface area contributed by atoms with Crippen molar-refractivity contribution in [3.05, 3.63) is 72.8 Å². The predicted octanol–water partition coefficient (Wildman–Crippen LogP) is 3.81. The van der Waals surface area contributed by atoms with E-state index >= 15 is 0 Å². The van der Waals surface area contributed by atoms with Gasteiger partial charge in [-0.3, -0.25) is 4.79 Å². The Morgan fingerprint density at radius 1 is 1.04 bits per heavy atom. The standard InChI is InChI=1S/C19H16FN3O3/c1-13(25-15-7-3-2-4-8-15)18(24)23-14-11-21-19(22-12-14)26-17-10-6-5-9-16(17)20/h2-13H,1H3,(H,23,24)/t13-/m1/s1. The maximum atomic E-state index is 13.5. The van der Waals surface area contributed by atoms with Crippen LogP contribution in [0.5, 0.6) is 17.5 Å². The van der Waals surface area contributed by atoms with Crippen molar-refractivity contribution in [2.75, 3.05) is 5.32 Å². The summed E-state index contributed by atoms with van der Waals surface area (Å²) in [5.41, 5.74) is 0.374. The van der Waals surface area contributed by atoms with Gasteiger partial charge in [-0.1, -0.05) is 30.3 Å². The van der Waals surface area contributed by atoms with Crippen LogP contribution in [0.15, 0.2) is 67.0 Å². The van der Waals surface area contributed by atoms with Gasteiger partial charge in [0.1, 0.15) is 5.75 Å². The molecule has 1 atom stereocenters. The van der Waals surface area contributed by atoms with Gasteiger partial charge >= 0.3 is 6.01 Å². The van der Waals surface area contributed by atoms with E-state index < -0.39 is 11.9 Å². The lowest BCUT2D eigenvalue weighted by Gasteiger charge is -2.14. The number of para-hydroxylation sites is 2. The van der Waals surface area contributed by atoms with Gasteiger partial charge in [0.2, 0.25) is 0 Å². The molecule has 3 rings (SSSR count). The number of nitrogens with zero attached hydrogens (tertiary/aromatic N) is 2. The zero-order valence-corrected chi connectivity index (χ0v) is 13.9. The summed E-state index contributed by atoms with van der Waals surface area (Å²) in [6.45, 7) is 1.64. The van der Waals surface area contributed by atoms with Gasteiger partial charge in [-0.25, -0.2) is 14.4 Å². The third-order valence-corrected chi connectivity index (χ3v) is 3.36. The van der Waals surface area contributed by atoms with E-state index in [9.17, 15) is 9.18 Å². The van der Waals surface area contributed by atoms with Crippen LogP contribution in [0.25, 0.3) is 0 Å². The Labute approximate surface area is 149 Å². The second kappa shape index (κ2) is 8.06. The van der Waals surface area contributed by atoms with Crippen LogP contribution in [-0.4, -0.2) is 22.0 Å². The molecule has 0 bridgehead atoms. The molecule has 0 spiro atoms. The molecular weight excluding hydrogens is 337 g/mol. The Balaban J connectivity index is 1.58. The van der Waals surface area contributed by atoms with E-state index in [4.69, 9.17) is 9.47 Å². The molecule has 0 saturated carbocycles. The molecule has 1 N–H and O–H groups in total. The van der Waals surface area contributed by atoms with Crippen molar-refractivity contribution in [1.82, 2.24) is 9.97 Å². The smallest absolute Gasteiger partial charge is 0.322 e. The lowest BCUT2D eigenvalue weighted by molar-refractivity contribution is -0.122.